The van der Waals surface area contributed by atoms with Crippen molar-refractivity contribution in [1.29, 1.82) is 0 Å². The molecule has 19 heavy (non-hydrogen) atoms. The molecule has 0 aromatic heterocycles. The number of ether oxygens (including phenoxy) is 2. The first kappa shape index (κ1) is 11.3. The number of hydrogen-bond donors (Lipinski definition) is 0. The molecule has 1 saturated heterocycles. The van der Waals surface area contributed by atoms with Crippen molar-refractivity contribution < 1.29 is 19.1 Å². The fourth-order valence-electron chi connectivity index (χ4n) is 3.84. The lowest BCUT2D eigenvalue weighted by atomic mass is 9.93. The summed E-state index contributed by atoms with van der Waals surface area (Å²) in [5, 5.41) is 0. The Balaban J connectivity index is 1.45. The third-order valence-electron chi connectivity index (χ3n) is 4.85. The average Bonchev–Trinajstić information content (AvgIpc) is 3.12. The van der Waals surface area contributed by atoms with Crippen LogP contribution in [0.15, 0.2) is 24.3 Å². The van der Waals surface area contributed by atoms with Gasteiger partial charge >= 0.3 is 11.9 Å². The third kappa shape index (κ3) is 1.66. The highest BCUT2D eigenvalue weighted by Crippen LogP contribution is 2.44. The summed E-state index contributed by atoms with van der Waals surface area (Å²) in [6.07, 6.45) is 9.98. The SMILES string of the molecule is O=C(OC1C(=O)OC2C=CCC21)C1CC2C=CC1C2. The second kappa shape index (κ2) is 3.95. The average molecular weight is 260 g/mol. The minimum Gasteiger partial charge on any atom is -0.455 e. The maximum atomic E-state index is 12.2. The first-order valence-corrected chi connectivity index (χ1v) is 6.98. The van der Waals surface area contributed by atoms with Crippen LogP contribution in [0, 0.1) is 23.7 Å². The van der Waals surface area contributed by atoms with Crippen molar-refractivity contribution in [3.63, 3.8) is 0 Å². The number of allylic oxidation sites excluding steroid dienone is 3. The van der Waals surface area contributed by atoms with Crippen molar-refractivity contribution in [1.82, 2.24) is 0 Å². The lowest BCUT2D eigenvalue weighted by Gasteiger charge is -2.20. The number of rotatable bonds is 2. The molecule has 2 bridgehead atoms. The Morgan fingerprint density at radius 3 is 2.89 bits per heavy atom. The molecule has 4 rings (SSSR count). The Labute approximate surface area is 111 Å². The molecule has 0 radical (unpaired) electrons. The van der Waals surface area contributed by atoms with Crippen molar-refractivity contribution >= 4 is 11.9 Å². The van der Waals surface area contributed by atoms with E-state index in [-0.39, 0.29) is 29.9 Å². The van der Waals surface area contributed by atoms with Gasteiger partial charge in [0, 0.05) is 0 Å². The molecule has 1 saturated carbocycles. The van der Waals surface area contributed by atoms with E-state index in [9.17, 15) is 9.59 Å². The number of esters is 2. The van der Waals surface area contributed by atoms with Gasteiger partial charge in [-0.3, -0.25) is 4.79 Å². The van der Waals surface area contributed by atoms with E-state index in [1.165, 1.54) is 0 Å². The van der Waals surface area contributed by atoms with Crippen LogP contribution in [0.3, 0.4) is 0 Å². The molecule has 1 aliphatic heterocycles. The van der Waals surface area contributed by atoms with Crippen LogP contribution >= 0.6 is 0 Å². The molecule has 4 heteroatoms. The molecule has 6 unspecified atom stereocenters. The second-order valence-electron chi connectivity index (χ2n) is 5.97. The molecule has 4 nitrogen and oxygen atoms in total. The van der Waals surface area contributed by atoms with Gasteiger partial charge in [-0.25, -0.2) is 4.79 Å². The highest BCUT2D eigenvalue weighted by molar-refractivity contribution is 5.83. The summed E-state index contributed by atoms with van der Waals surface area (Å²) in [5.74, 6) is 0.172. The topological polar surface area (TPSA) is 52.6 Å². The van der Waals surface area contributed by atoms with Crippen molar-refractivity contribution in [3.8, 4) is 0 Å². The number of fused-ring (bicyclic) bond motifs is 3. The van der Waals surface area contributed by atoms with Gasteiger partial charge in [-0.15, -0.1) is 0 Å². The minimum absolute atomic E-state index is 0.00872. The lowest BCUT2D eigenvalue weighted by Crippen LogP contribution is -2.33. The molecule has 4 aliphatic rings. The molecule has 2 fully saturated rings. The summed E-state index contributed by atoms with van der Waals surface area (Å²) >= 11 is 0. The molecule has 0 aromatic rings. The van der Waals surface area contributed by atoms with Gasteiger partial charge < -0.3 is 9.47 Å². The first-order valence-electron chi connectivity index (χ1n) is 6.98. The van der Waals surface area contributed by atoms with Gasteiger partial charge in [-0.2, -0.15) is 0 Å². The molecule has 100 valence electrons. The van der Waals surface area contributed by atoms with Gasteiger partial charge in [0.2, 0.25) is 6.10 Å². The Morgan fingerprint density at radius 1 is 1.26 bits per heavy atom. The molecule has 0 aromatic carbocycles. The Hall–Kier alpha value is -1.58. The van der Waals surface area contributed by atoms with E-state index in [2.05, 4.69) is 12.2 Å². The van der Waals surface area contributed by atoms with E-state index in [1.807, 2.05) is 12.2 Å². The fourth-order valence-corrected chi connectivity index (χ4v) is 3.84. The third-order valence-corrected chi connectivity index (χ3v) is 4.85. The first-order chi connectivity index (χ1) is 9.22. The van der Waals surface area contributed by atoms with E-state index in [0.29, 0.717) is 11.8 Å². The van der Waals surface area contributed by atoms with E-state index < -0.39 is 6.10 Å². The predicted molar refractivity (Wildman–Crippen MR) is 65.9 cm³/mol. The molecule has 0 N–H and O–H groups in total. The van der Waals surface area contributed by atoms with Crippen molar-refractivity contribution in [2.45, 2.75) is 31.5 Å². The molecular weight excluding hydrogens is 244 g/mol. The summed E-state index contributed by atoms with van der Waals surface area (Å²) in [6.45, 7) is 0. The highest BCUT2D eigenvalue weighted by Gasteiger charge is 2.49. The number of hydrogen-bond acceptors (Lipinski definition) is 4. The van der Waals surface area contributed by atoms with Crippen molar-refractivity contribution in [3.05, 3.63) is 24.3 Å². The Bertz CT molecular complexity index is 492. The van der Waals surface area contributed by atoms with Crippen LogP contribution in [0.1, 0.15) is 19.3 Å². The normalized spacial score (nSPS) is 45.6. The fraction of sp³-hybridized carbons (Fsp3) is 0.600. The largest absolute Gasteiger partial charge is 0.455 e. The predicted octanol–water partition coefficient (Wildman–Crippen LogP) is 1.61. The van der Waals surface area contributed by atoms with E-state index in [1.54, 1.807) is 0 Å². The number of carbonyl (C=O) groups excluding carboxylic acids is 2. The monoisotopic (exact) mass is 260 g/mol. The molecule has 3 aliphatic carbocycles. The minimum atomic E-state index is -0.699. The van der Waals surface area contributed by atoms with Gasteiger partial charge in [0.15, 0.2) is 0 Å². The zero-order valence-corrected chi connectivity index (χ0v) is 10.5. The van der Waals surface area contributed by atoms with Crippen molar-refractivity contribution in [2.75, 3.05) is 0 Å². The summed E-state index contributed by atoms with van der Waals surface area (Å²) in [7, 11) is 0. The summed E-state index contributed by atoms with van der Waals surface area (Å²) in [5.41, 5.74) is 0. The molecule has 0 amide bonds. The maximum Gasteiger partial charge on any atom is 0.348 e. The van der Waals surface area contributed by atoms with Crippen LogP contribution in [-0.4, -0.2) is 24.1 Å². The van der Waals surface area contributed by atoms with Crippen LogP contribution in [0.2, 0.25) is 0 Å². The van der Waals surface area contributed by atoms with Crippen LogP contribution in [-0.2, 0) is 19.1 Å². The Kier molecular flexibility index (Phi) is 2.34. The van der Waals surface area contributed by atoms with Gasteiger partial charge in [-0.1, -0.05) is 18.2 Å². The van der Waals surface area contributed by atoms with E-state index in [0.717, 1.165) is 19.3 Å². The van der Waals surface area contributed by atoms with Gasteiger partial charge in [0.1, 0.15) is 6.10 Å². The molecule has 6 atom stereocenters. The summed E-state index contributed by atoms with van der Waals surface area (Å²) < 4.78 is 10.7. The second-order valence-corrected chi connectivity index (χ2v) is 5.97. The van der Waals surface area contributed by atoms with Gasteiger partial charge in [0.05, 0.1) is 11.8 Å². The summed E-state index contributed by atoms with van der Waals surface area (Å²) in [6, 6.07) is 0. The van der Waals surface area contributed by atoms with Crippen LogP contribution in [0.5, 0.6) is 0 Å². The highest BCUT2D eigenvalue weighted by atomic mass is 16.6. The smallest absolute Gasteiger partial charge is 0.348 e. The quantitative estimate of drug-likeness (QED) is 0.559. The van der Waals surface area contributed by atoms with E-state index >= 15 is 0 Å². The molecule has 0 spiro atoms. The molecule has 1 heterocycles. The zero-order valence-electron chi connectivity index (χ0n) is 10.5. The maximum absolute atomic E-state index is 12.2. The van der Waals surface area contributed by atoms with Gasteiger partial charge in [0.25, 0.3) is 0 Å². The van der Waals surface area contributed by atoms with Crippen LogP contribution in [0.4, 0.5) is 0 Å². The Morgan fingerprint density at radius 2 is 2.16 bits per heavy atom. The van der Waals surface area contributed by atoms with Gasteiger partial charge in [-0.05, 0) is 37.2 Å². The zero-order chi connectivity index (χ0) is 13.0. The van der Waals surface area contributed by atoms with Crippen LogP contribution < -0.4 is 0 Å². The van der Waals surface area contributed by atoms with Crippen LogP contribution in [0.25, 0.3) is 0 Å². The summed E-state index contributed by atoms with van der Waals surface area (Å²) in [4.78, 5) is 24.0. The number of carbonyl (C=O) groups is 2. The van der Waals surface area contributed by atoms with E-state index in [4.69, 9.17) is 9.47 Å². The molecular formula is C15H16O4. The lowest BCUT2D eigenvalue weighted by molar-refractivity contribution is -0.165. The standard InChI is InChI=1S/C15H16O4/c16-14(11-7-8-4-5-9(11)6-8)19-13-10-2-1-3-12(10)18-15(13)17/h1,3-5,8-13H,2,6-7H2. The van der Waals surface area contributed by atoms with Crippen molar-refractivity contribution in [2.24, 2.45) is 23.7 Å².